The smallest absolute Gasteiger partial charge is 0.0377 e. The summed E-state index contributed by atoms with van der Waals surface area (Å²) in [5.41, 5.74) is 0.425. The Bertz CT molecular complexity index is 249. The van der Waals surface area contributed by atoms with Gasteiger partial charge in [-0.15, -0.1) is 0 Å². The van der Waals surface area contributed by atoms with E-state index in [1.165, 1.54) is 12.8 Å². The van der Waals surface area contributed by atoms with Crippen molar-refractivity contribution in [1.82, 2.24) is 0 Å². The Morgan fingerprint density at radius 3 is 1.62 bits per heavy atom. The molecule has 1 fully saturated rings. The summed E-state index contributed by atoms with van der Waals surface area (Å²) < 4.78 is 12.2. The Labute approximate surface area is 104 Å². The lowest BCUT2D eigenvalue weighted by Gasteiger charge is -2.38. The van der Waals surface area contributed by atoms with E-state index in [0.29, 0.717) is 10.7 Å². The van der Waals surface area contributed by atoms with E-state index >= 15 is 0 Å². The molecule has 1 nitrogen and oxygen atoms in total. The van der Waals surface area contributed by atoms with Crippen LogP contribution in [0.25, 0.3) is 0 Å². The Morgan fingerprint density at radius 1 is 0.875 bits per heavy atom. The minimum atomic E-state index is -0.665. The van der Waals surface area contributed by atoms with E-state index < -0.39 is 10.8 Å². The van der Waals surface area contributed by atoms with Crippen LogP contribution in [0.1, 0.15) is 67.2 Å². The van der Waals surface area contributed by atoms with E-state index in [9.17, 15) is 4.21 Å². The van der Waals surface area contributed by atoms with E-state index in [0.717, 1.165) is 18.8 Å². The molecule has 0 radical (unpaired) electrons. The summed E-state index contributed by atoms with van der Waals surface area (Å²) in [6.07, 6.45) is 4.84. The van der Waals surface area contributed by atoms with Crippen molar-refractivity contribution < 1.29 is 4.21 Å². The van der Waals surface area contributed by atoms with Crippen molar-refractivity contribution in [1.29, 1.82) is 0 Å². The van der Waals surface area contributed by atoms with Crippen LogP contribution >= 0.6 is 0 Å². The second-order valence-electron chi connectivity index (χ2n) is 7.25. The molecule has 0 aromatic rings. The molecular formula is C14H28OS. The van der Waals surface area contributed by atoms with Gasteiger partial charge in [0, 0.05) is 20.8 Å². The Hall–Kier alpha value is 0.150. The fourth-order valence-electron chi connectivity index (χ4n) is 2.64. The Balaban J connectivity index is 2.53. The molecule has 1 rings (SSSR count). The molecule has 1 aliphatic carbocycles. The lowest BCUT2D eigenvalue weighted by atomic mass is 9.72. The van der Waals surface area contributed by atoms with Gasteiger partial charge in [0.1, 0.15) is 0 Å². The molecular weight excluding hydrogens is 216 g/mol. The molecule has 1 atom stereocenters. The first kappa shape index (κ1) is 14.2. The van der Waals surface area contributed by atoms with E-state index in [4.69, 9.17) is 0 Å². The highest BCUT2D eigenvalue weighted by Gasteiger charge is 2.34. The van der Waals surface area contributed by atoms with Gasteiger partial charge in [0.05, 0.1) is 0 Å². The van der Waals surface area contributed by atoms with Gasteiger partial charge < -0.3 is 0 Å². The first-order valence-corrected chi connectivity index (χ1v) is 7.74. The highest BCUT2D eigenvalue weighted by atomic mass is 32.2. The average molecular weight is 244 g/mol. The van der Waals surface area contributed by atoms with Crippen molar-refractivity contribution >= 4 is 10.8 Å². The van der Waals surface area contributed by atoms with Gasteiger partial charge in [-0.05, 0) is 57.8 Å². The third-order valence-electron chi connectivity index (χ3n) is 3.81. The van der Waals surface area contributed by atoms with Gasteiger partial charge in [0.2, 0.25) is 0 Å². The van der Waals surface area contributed by atoms with E-state index in [1.54, 1.807) is 0 Å². The highest BCUT2D eigenvalue weighted by Crippen LogP contribution is 2.40. The minimum Gasteiger partial charge on any atom is -0.259 e. The first-order valence-electron chi connectivity index (χ1n) is 6.53. The molecule has 0 saturated heterocycles. The average Bonchev–Trinajstić information content (AvgIpc) is 2.14. The van der Waals surface area contributed by atoms with E-state index in [2.05, 4.69) is 41.5 Å². The molecule has 0 N–H and O–H groups in total. The summed E-state index contributed by atoms with van der Waals surface area (Å²) in [5, 5.41) is 0.443. The van der Waals surface area contributed by atoms with Crippen LogP contribution in [0.15, 0.2) is 0 Å². The van der Waals surface area contributed by atoms with E-state index in [1.807, 2.05) is 0 Å². The maximum Gasteiger partial charge on any atom is 0.0377 e. The first-order chi connectivity index (χ1) is 7.12. The quantitative estimate of drug-likeness (QED) is 0.677. The minimum absolute atomic E-state index is 0.0424. The van der Waals surface area contributed by atoms with Gasteiger partial charge in [0.25, 0.3) is 0 Å². The zero-order valence-corrected chi connectivity index (χ0v) is 12.6. The molecule has 0 aromatic carbocycles. The molecule has 1 aliphatic rings. The number of rotatable bonds is 1. The second kappa shape index (κ2) is 4.80. The van der Waals surface area contributed by atoms with Crippen LogP contribution in [0.2, 0.25) is 0 Å². The SMILES string of the molecule is CC(C)(C)C1CCC(S(=O)C(C)(C)C)CC1. The molecule has 96 valence electrons. The van der Waals surface area contributed by atoms with Crippen LogP contribution in [-0.2, 0) is 10.8 Å². The molecule has 0 aromatic heterocycles. The third kappa shape index (κ3) is 3.58. The van der Waals surface area contributed by atoms with Crippen LogP contribution in [-0.4, -0.2) is 14.2 Å². The van der Waals surface area contributed by atoms with Crippen molar-refractivity contribution in [2.24, 2.45) is 11.3 Å². The van der Waals surface area contributed by atoms with Gasteiger partial charge >= 0.3 is 0 Å². The molecule has 0 spiro atoms. The maximum absolute atomic E-state index is 12.3. The predicted octanol–water partition coefficient (Wildman–Crippen LogP) is 4.14. The van der Waals surface area contributed by atoms with Crippen molar-refractivity contribution in [2.45, 2.75) is 77.2 Å². The van der Waals surface area contributed by atoms with Gasteiger partial charge in [-0.25, -0.2) is 0 Å². The van der Waals surface area contributed by atoms with Crippen LogP contribution < -0.4 is 0 Å². The zero-order valence-electron chi connectivity index (χ0n) is 11.8. The second-order valence-corrected chi connectivity index (χ2v) is 9.74. The normalized spacial score (nSPS) is 30.1. The maximum atomic E-state index is 12.3. The summed E-state index contributed by atoms with van der Waals surface area (Å²) in [6.45, 7) is 13.3. The summed E-state index contributed by atoms with van der Waals surface area (Å²) >= 11 is 0. The lowest BCUT2D eigenvalue weighted by molar-refractivity contribution is 0.181. The van der Waals surface area contributed by atoms with E-state index in [-0.39, 0.29) is 4.75 Å². The van der Waals surface area contributed by atoms with Crippen LogP contribution in [0.3, 0.4) is 0 Å². The molecule has 1 saturated carbocycles. The standard InChI is InChI=1S/C14H28OS/c1-13(2,3)11-7-9-12(10-8-11)16(15)14(4,5)6/h11-12H,7-10H2,1-6H3. The fourth-order valence-corrected chi connectivity index (χ4v) is 4.34. The fraction of sp³-hybridized carbons (Fsp3) is 1.00. The van der Waals surface area contributed by atoms with Gasteiger partial charge in [-0.3, -0.25) is 4.21 Å². The lowest BCUT2D eigenvalue weighted by Crippen LogP contribution is -2.36. The number of hydrogen-bond donors (Lipinski definition) is 0. The summed E-state index contributed by atoms with van der Waals surface area (Å²) in [5.74, 6) is 0.820. The molecule has 16 heavy (non-hydrogen) atoms. The monoisotopic (exact) mass is 244 g/mol. The molecule has 0 heterocycles. The Kier molecular flexibility index (Phi) is 4.26. The predicted molar refractivity (Wildman–Crippen MR) is 73.1 cm³/mol. The highest BCUT2D eigenvalue weighted by molar-refractivity contribution is 7.87. The van der Waals surface area contributed by atoms with Crippen LogP contribution in [0, 0.1) is 11.3 Å². The van der Waals surface area contributed by atoms with Crippen molar-refractivity contribution in [3.05, 3.63) is 0 Å². The number of hydrogen-bond acceptors (Lipinski definition) is 1. The van der Waals surface area contributed by atoms with Gasteiger partial charge in [0.15, 0.2) is 0 Å². The van der Waals surface area contributed by atoms with Crippen molar-refractivity contribution in [2.75, 3.05) is 0 Å². The van der Waals surface area contributed by atoms with Crippen LogP contribution in [0.4, 0.5) is 0 Å². The Morgan fingerprint density at radius 2 is 1.31 bits per heavy atom. The molecule has 2 heteroatoms. The molecule has 0 bridgehead atoms. The van der Waals surface area contributed by atoms with Crippen LogP contribution in [0.5, 0.6) is 0 Å². The topological polar surface area (TPSA) is 17.1 Å². The molecule has 0 amide bonds. The largest absolute Gasteiger partial charge is 0.259 e. The van der Waals surface area contributed by atoms with Crippen molar-refractivity contribution in [3.8, 4) is 0 Å². The molecule has 0 aliphatic heterocycles. The van der Waals surface area contributed by atoms with Gasteiger partial charge in [-0.2, -0.15) is 0 Å². The third-order valence-corrected chi connectivity index (χ3v) is 6.09. The zero-order chi connectivity index (χ0) is 12.6. The summed E-state index contributed by atoms with van der Waals surface area (Å²) in [4.78, 5) is 0. The summed E-state index contributed by atoms with van der Waals surface area (Å²) in [6, 6.07) is 0. The van der Waals surface area contributed by atoms with Crippen molar-refractivity contribution in [3.63, 3.8) is 0 Å². The summed E-state index contributed by atoms with van der Waals surface area (Å²) in [7, 11) is -0.665. The van der Waals surface area contributed by atoms with Gasteiger partial charge in [-0.1, -0.05) is 20.8 Å². The molecule has 1 unspecified atom stereocenters.